The monoisotopic (exact) mass is 298 g/mol. The normalized spacial score (nSPS) is 23.9. The van der Waals surface area contributed by atoms with Crippen molar-refractivity contribution in [2.45, 2.75) is 26.2 Å². The van der Waals surface area contributed by atoms with Gasteiger partial charge in [-0.1, -0.05) is 19.8 Å². The summed E-state index contributed by atoms with van der Waals surface area (Å²) in [4.78, 5) is 12.0. The Labute approximate surface area is 111 Å². The molecular formula is C13H19BrN2O. The summed E-state index contributed by atoms with van der Waals surface area (Å²) >= 11 is 3.38. The van der Waals surface area contributed by atoms with Crippen molar-refractivity contribution in [1.29, 1.82) is 0 Å². The molecule has 1 heterocycles. The maximum absolute atomic E-state index is 12.0. The lowest BCUT2D eigenvalue weighted by Gasteiger charge is -2.15. The molecule has 1 amide bonds. The van der Waals surface area contributed by atoms with E-state index in [2.05, 4.69) is 28.2 Å². The van der Waals surface area contributed by atoms with Crippen LogP contribution in [0.25, 0.3) is 0 Å². The number of carbonyl (C=O) groups is 1. The van der Waals surface area contributed by atoms with Crippen molar-refractivity contribution >= 4 is 21.8 Å². The van der Waals surface area contributed by atoms with Gasteiger partial charge >= 0.3 is 0 Å². The van der Waals surface area contributed by atoms with Crippen molar-refractivity contribution in [3.8, 4) is 0 Å². The number of hydrogen-bond donors (Lipinski definition) is 1. The molecule has 0 aliphatic heterocycles. The van der Waals surface area contributed by atoms with Crippen molar-refractivity contribution in [1.82, 2.24) is 9.88 Å². The number of carbonyl (C=O) groups excluding carboxylic acids is 1. The predicted octanol–water partition coefficient (Wildman–Crippen LogP) is 2.95. The van der Waals surface area contributed by atoms with E-state index in [0.717, 1.165) is 16.9 Å². The molecule has 1 aliphatic carbocycles. The van der Waals surface area contributed by atoms with Gasteiger partial charge in [0.2, 0.25) is 0 Å². The highest BCUT2D eigenvalue weighted by atomic mass is 79.9. The third kappa shape index (κ3) is 2.92. The number of halogens is 1. The van der Waals surface area contributed by atoms with E-state index in [4.69, 9.17) is 0 Å². The van der Waals surface area contributed by atoms with E-state index in [-0.39, 0.29) is 5.91 Å². The van der Waals surface area contributed by atoms with Gasteiger partial charge in [0.1, 0.15) is 5.69 Å². The average Bonchev–Trinajstić information content (AvgIpc) is 2.81. The largest absolute Gasteiger partial charge is 0.350 e. The minimum atomic E-state index is 0.0253. The van der Waals surface area contributed by atoms with Gasteiger partial charge in [-0.25, -0.2) is 0 Å². The number of rotatable bonds is 3. The highest BCUT2D eigenvalue weighted by molar-refractivity contribution is 9.10. The highest BCUT2D eigenvalue weighted by Gasteiger charge is 2.24. The van der Waals surface area contributed by atoms with Gasteiger partial charge in [-0.2, -0.15) is 0 Å². The lowest BCUT2D eigenvalue weighted by atomic mass is 9.98. The first kappa shape index (κ1) is 12.7. The van der Waals surface area contributed by atoms with Gasteiger partial charge in [0.25, 0.3) is 5.91 Å². The molecule has 0 aromatic carbocycles. The Morgan fingerprint density at radius 1 is 1.59 bits per heavy atom. The zero-order valence-corrected chi connectivity index (χ0v) is 12.0. The van der Waals surface area contributed by atoms with Gasteiger partial charge in [-0.3, -0.25) is 4.79 Å². The number of amides is 1. The number of aromatic nitrogens is 1. The summed E-state index contributed by atoms with van der Waals surface area (Å²) < 4.78 is 2.79. The van der Waals surface area contributed by atoms with Crippen LogP contribution in [-0.2, 0) is 7.05 Å². The lowest BCUT2D eigenvalue weighted by molar-refractivity contribution is 0.0936. The number of nitrogens with one attached hydrogen (secondary N) is 1. The first-order valence-electron chi connectivity index (χ1n) is 6.18. The van der Waals surface area contributed by atoms with Crippen LogP contribution in [0, 0.1) is 11.8 Å². The van der Waals surface area contributed by atoms with E-state index in [1.54, 1.807) is 0 Å². The van der Waals surface area contributed by atoms with E-state index >= 15 is 0 Å². The molecule has 1 saturated carbocycles. The maximum Gasteiger partial charge on any atom is 0.267 e. The van der Waals surface area contributed by atoms with Crippen molar-refractivity contribution in [2.24, 2.45) is 18.9 Å². The van der Waals surface area contributed by atoms with Crippen LogP contribution in [0.5, 0.6) is 0 Å². The van der Waals surface area contributed by atoms with Gasteiger partial charge in [-0.05, 0) is 40.3 Å². The zero-order chi connectivity index (χ0) is 12.4. The third-order valence-electron chi connectivity index (χ3n) is 3.77. The molecule has 0 radical (unpaired) electrons. The van der Waals surface area contributed by atoms with Gasteiger partial charge in [0.05, 0.1) is 0 Å². The lowest BCUT2D eigenvalue weighted by Crippen LogP contribution is -2.31. The minimum Gasteiger partial charge on any atom is -0.350 e. The van der Waals surface area contributed by atoms with Crippen molar-refractivity contribution < 1.29 is 4.79 Å². The van der Waals surface area contributed by atoms with Crippen LogP contribution < -0.4 is 5.32 Å². The molecule has 2 unspecified atom stereocenters. The summed E-state index contributed by atoms with van der Waals surface area (Å²) in [6.07, 6.45) is 5.75. The fourth-order valence-electron chi connectivity index (χ4n) is 2.59. The molecule has 1 fully saturated rings. The Hall–Kier alpha value is -0.770. The molecule has 94 valence electrons. The van der Waals surface area contributed by atoms with Gasteiger partial charge in [0, 0.05) is 24.3 Å². The van der Waals surface area contributed by atoms with E-state index in [1.807, 2.05) is 23.9 Å². The molecule has 2 atom stereocenters. The Morgan fingerprint density at radius 2 is 2.35 bits per heavy atom. The fourth-order valence-corrected chi connectivity index (χ4v) is 3.11. The van der Waals surface area contributed by atoms with Crippen LogP contribution in [0.4, 0.5) is 0 Å². The molecule has 0 spiro atoms. The van der Waals surface area contributed by atoms with E-state index in [1.165, 1.54) is 19.3 Å². The fraction of sp³-hybridized carbons (Fsp3) is 0.615. The number of aryl methyl sites for hydroxylation is 1. The van der Waals surface area contributed by atoms with E-state index < -0.39 is 0 Å². The Balaban J connectivity index is 1.91. The standard InChI is InChI=1S/C13H19BrN2O/c1-9-4-3-5-10(9)7-15-13(17)12-6-11(14)8-16(12)2/h6,8-10H,3-5,7H2,1-2H3,(H,15,17). The van der Waals surface area contributed by atoms with Gasteiger partial charge in [0.15, 0.2) is 0 Å². The van der Waals surface area contributed by atoms with Gasteiger partial charge < -0.3 is 9.88 Å². The highest BCUT2D eigenvalue weighted by Crippen LogP contribution is 2.30. The molecule has 17 heavy (non-hydrogen) atoms. The Kier molecular flexibility index (Phi) is 3.92. The average molecular weight is 299 g/mol. The molecule has 0 saturated heterocycles. The zero-order valence-electron chi connectivity index (χ0n) is 10.4. The molecule has 3 nitrogen and oxygen atoms in total. The van der Waals surface area contributed by atoms with Crippen LogP contribution in [0.15, 0.2) is 16.7 Å². The molecule has 1 aromatic heterocycles. The molecule has 1 aromatic rings. The second-order valence-electron chi connectivity index (χ2n) is 5.03. The SMILES string of the molecule is CC1CCCC1CNC(=O)c1cc(Br)cn1C. The summed E-state index contributed by atoms with van der Waals surface area (Å²) in [6, 6.07) is 1.85. The van der Waals surface area contributed by atoms with Crippen LogP contribution in [0.3, 0.4) is 0 Å². The molecule has 2 rings (SSSR count). The Bertz CT molecular complexity index is 414. The number of hydrogen-bond acceptors (Lipinski definition) is 1. The predicted molar refractivity (Wildman–Crippen MR) is 72.0 cm³/mol. The van der Waals surface area contributed by atoms with Crippen LogP contribution >= 0.6 is 15.9 Å². The topological polar surface area (TPSA) is 34.0 Å². The maximum atomic E-state index is 12.0. The van der Waals surface area contributed by atoms with Crippen LogP contribution in [0.1, 0.15) is 36.7 Å². The molecule has 1 N–H and O–H groups in total. The minimum absolute atomic E-state index is 0.0253. The molecule has 1 aliphatic rings. The van der Waals surface area contributed by atoms with Crippen LogP contribution in [0.2, 0.25) is 0 Å². The smallest absolute Gasteiger partial charge is 0.267 e. The van der Waals surface area contributed by atoms with E-state index in [9.17, 15) is 4.79 Å². The van der Waals surface area contributed by atoms with Crippen molar-refractivity contribution in [2.75, 3.05) is 6.54 Å². The summed E-state index contributed by atoms with van der Waals surface area (Å²) in [6.45, 7) is 3.09. The molecule has 0 bridgehead atoms. The van der Waals surface area contributed by atoms with Crippen LogP contribution in [-0.4, -0.2) is 17.0 Å². The molecule has 4 heteroatoms. The van der Waals surface area contributed by atoms with Crippen molar-refractivity contribution in [3.05, 3.63) is 22.4 Å². The van der Waals surface area contributed by atoms with E-state index in [0.29, 0.717) is 11.6 Å². The number of nitrogens with zero attached hydrogens (tertiary/aromatic N) is 1. The quantitative estimate of drug-likeness (QED) is 0.915. The first-order valence-corrected chi connectivity index (χ1v) is 6.97. The summed E-state index contributed by atoms with van der Waals surface area (Å²) in [7, 11) is 1.89. The first-order chi connectivity index (χ1) is 8.08. The summed E-state index contributed by atoms with van der Waals surface area (Å²) in [5.74, 6) is 1.43. The van der Waals surface area contributed by atoms with Crippen molar-refractivity contribution in [3.63, 3.8) is 0 Å². The van der Waals surface area contributed by atoms with Gasteiger partial charge in [-0.15, -0.1) is 0 Å². The summed E-state index contributed by atoms with van der Waals surface area (Å²) in [5.41, 5.74) is 0.711. The third-order valence-corrected chi connectivity index (χ3v) is 4.20. The Morgan fingerprint density at radius 3 is 2.88 bits per heavy atom. The second-order valence-corrected chi connectivity index (χ2v) is 5.95. The summed E-state index contributed by atoms with van der Waals surface area (Å²) in [5, 5.41) is 3.04. The second kappa shape index (κ2) is 5.25. The molecular weight excluding hydrogens is 280 g/mol.